The third-order valence-electron chi connectivity index (χ3n) is 5.77. The van der Waals surface area contributed by atoms with E-state index < -0.39 is 0 Å². The third kappa shape index (κ3) is 3.89. The number of pyridine rings is 1. The van der Waals surface area contributed by atoms with Crippen LogP contribution in [0.2, 0.25) is 0 Å². The summed E-state index contributed by atoms with van der Waals surface area (Å²) in [6.07, 6.45) is 1.23. The Bertz CT molecular complexity index is 983. The smallest absolute Gasteiger partial charge is 0.121 e. The highest BCUT2D eigenvalue weighted by molar-refractivity contribution is 5.84. The molecule has 1 saturated heterocycles. The van der Waals surface area contributed by atoms with Gasteiger partial charge in [-0.25, -0.2) is 4.98 Å². The first kappa shape index (κ1) is 18.9. The van der Waals surface area contributed by atoms with E-state index in [2.05, 4.69) is 67.2 Å². The minimum atomic E-state index is 0.639. The fourth-order valence-corrected chi connectivity index (χ4v) is 4.10. The van der Waals surface area contributed by atoms with Crippen LogP contribution in [-0.2, 0) is 6.54 Å². The highest BCUT2D eigenvalue weighted by Crippen LogP contribution is 2.30. The first-order chi connectivity index (χ1) is 13.5. The Morgan fingerprint density at radius 2 is 2.00 bits per heavy atom. The zero-order chi connectivity index (χ0) is 19.7. The molecule has 4 rings (SSSR count). The van der Waals surface area contributed by atoms with Crippen LogP contribution < -0.4 is 4.74 Å². The first-order valence-corrected chi connectivity index (χ1v) is 9.97. The van der Waals surface area contributed by atoms with Crippen molar-refractivity contribution in [3.05, 3.63) is 59.7 Å². The molecule has 0 bridgehead atoms. The number of aromatic nitrogens is 1. The van der Waals surface area contributed by atoms with Crippen LogP contribution in [0.4, 0.5) is 0 Å². The summed E-state index contributed by atoms with van der Waals surface area (Å²) in [5.74, 6) is 0.844. The van der Waals surface area contributed by atoms with Gasteiger partial charge >= 0.3 is 0 Å². The van der Waals surface area contributed by atoms with E-state index in [1.165, 1.54) is 23.1 Å². The number of rotatable bonds is 5. The van der Waals surface area contributed by atoms with E-state index in [1.54, 1.807) is 7.11 Å². The van der Waals surface area contributed by atoms with Gasteiger partial charge in [-0.05, 0) is 57.3 Å². The summed E-state index contributed by atoms with van der Waals surface area (Å²) in [4.78, 5) is 9.97. The van der Waals surface area contributed by atoms with Crippen molar-refractivity contribution in [3.8, 4) is 17.0 Å². The molecule has 2 aromatic carbocycles. The lowest BCUT2D eigenvalue weighted by Crippen LogP contribution is -2.31. The standard InChI is InChI=1S/C24H29N3O/c1-17-6-5-7-19(12-17)24-20(15-27-11-10-21(16-27)26(2)3)13-18-8-9-22(28-4)14-23(18)25-24/h5-9,12-14,21H,10-11,15-16H2,1-4H3/t21-/m0/s1. The molecule has 0 amide bonds. The van der Waals surface area contributed by atoms with Crippen LogP contribution in [0.3, 0.4) is 0 Å². The predicted molar refractivity (Wildman–Crippen MR) is 116 cm³/mol. The minimum Gasteiger partial charge on any atom is -0.497 e. The molecule has 0 unspecified atom stereocenters. The van der Waals surface area contributed by atoms with Gasteiger partial charge in [0.15, 0.2) is 0 Å². The molecule has 0 N–H and O–H groups in total. The Morgan fingerprint density at radius 1 is 1.14 bits per heavy atom. The summed E-state index contributed by atoms with van der Waals surface area (Å²) in [7, 11) is 6.06. The average Bonchev–Trinajstić information content (AvgIpc) is 3.16. The van der Waals surface area contributed by atoms with E-state index in [0.29, 0.717) is 6.04 Å². The molecule has 146 valence electrons. The van der Waals surface area contributed by atoms with Gasteiger partial charge in [0.1, 0.15) is 5.75 Å². The van der Waals surface area contributed by atoms with Crippen LogP contribution >= 0.6 is 0 Å². The van der Waals surface area contributed by atoms with Crippen molar-refractivity contribution in [1.82, 2.24) is 14.8 Å². The van der Waals surface area contributed by atoms with Gasteiger partial charge in [0, 0.05) is 42.7 Å². The van der Waals surface area contributed by atoms with Gasteiger partial charge < -0.3 is 9.64 Å². The van der Waals surface area contributed by atoms with Gasteiger partial charge in [-0.3, -0.25) is 4.90 Å². The summed E-state index contributed by atoms with van der Waals surface area (Å²) in [5, 5.41) is 1.16. The molecule has 0 radical (unpaired) electrons. The van der Waals surface area contributed by atoms with Crippen LogP contribution in [0.5, 0.6) is 5.75 Å². The molecule has 1 aliphatic heterocycles. The number of likely N-dealkylation sites (tertiary alicyclic amines) is 1. The van der Waals surface area contributed by atoms with Gasteiger partial charge in [0.2, 0.25) is 0 Å². The molecule has 1 aromatic heterocycles. The Hall–Kier alpha value is -2.43. The lowest BCUT2D eigenvalue weighted by Gasteiger charge is -2.21. The number of benzene rings is 2. The molecule has 0 saturated carbocycles. The Kier molecular flexibility index (Phi) is 5.33. The van der Waals surface area contributed by atoms with Crippen LogP contribution in [0.1, 0.15) is 17.5 Å². The molecule has 1 atom stereocenters. The average molecular weight is 376 g/mol. The SMILES string of the molecule is COc1ccc2cc(CN3CC[C@H](N(C)C)C3)c(-c3cccc(C)c3)nc2c1. The minimum absolute atomic E-state index is 0.639. The van der Waals surface area contributed by atoms with Gasteiger partial charge in [-0.1, -0.05) is 23.8 Å². The topological polar surface area (TPSA) is 28.6 Å². The summed E-state index contributed by atoms with van der Waals surface area (Å²) < 4.78 is 5.41. The molecular formula is C24H29N3O. The van der Waals surface area contributed by atoms with Crippen LogP contribution in [0.15, 0.2) is 48.5 Å². The maximum atomic E-state index is 5.41. The summed E-state index contributed by atoms with van der Waals surface area (Å²) >= 11 is 0. The quantitative estimate of drug-likeness (QED) is 0.663. The number of hydrogen-bond acceptors (Lipinski definition) is 4. The lowest BCUT2D eigenvalue weighted by molar-refractivity contribution is 0.265. The van der Waals surface area contributed by atoms with Crippen molar-refractivity contribution in [3.63, 3.8) is 0 Å². The number of likely N-dealkylation sites (N-methyl/N-ethyl adjacent to an activating group) is 1. The van der Waals surface area contributed by atoms with Crippen molar-refractivity contribution in [2.75, 3.05) is 34.3 Å². The highest BCUT2D eigenvalue weighted by Gasteiger charge is 2.25. The Labute approximate surface area is 167 Å². The first-order valence-electron chi connectivity index (χ1n) is 9.97. The number of hydrogen-bond donors (Lipinski definition) is 0. The maximum Gasteiger partial charge on any atom is 0.121 e. The van der Waals surface area contributed by atoms with Crippen LogP contribution in [0.25, 0.3) is 22.2 Å². The van der Waals surface area contributed by atoms with E-state index in [-0.39, 0.29) is 0 Å². The second-order valence-electron chi connectivity index (χ2n) is 8.07. The number of aryl methyl sites for hydroxylation is 1. The highest BCUT2D eigenvalue weighted by atomic mass is 16.5. The van der Waals surface area contributed by atoms with E-state index in [9.17, 15) is 0 Å². The fraction of sp³-hybridized carbons (Fsp3) is 0.375. The van der Waals surface area contributed by atoms with Gasteiger partial charge in [-0.2, -0.15) is 0 Å². The van der Waals surface area contributed by atoms with Crippen molar-refractivity contribution in [2.24, 2.45) is 0 Å². The molecule has 1 aliphatic rings. The Balaban J connectivity index is 1.76. The second-order valence-corrected chi connectivity index (χ2v) is 8.07. The normalized spacial score (nSPS) is 17.5. The van der Waals surface area contributed by atoms with E-state index in [1.807, 2.05) is 12.1 Å². The van der Waals surface area contributed by atoms with Crippen molar-refractivity contribution < 1.29 is 4.74 Å². The fourth-order valence-electron chi connectivity index (χ4n) is 4.10. The molecular weight excluding hydrogens is 346 g/mol. The van der Waals surface area contributed by atoms with E-state index >= 15 is 0 Å². The van der Waals surface area contributed by atoms with Gasteiger partial charge in [-0.15, -0.1) is 0 Å². The summed E-state index contributed by atoms with van der Waals surface area (Å²) in [6, 6.07) is 17.7. The van der Waals surface area contributed by atoms with Gasteiger partial charge in [0.05, 0.1) is 18.3 Å². The number of fused-ring (bicyclic) bond motifs is 1. The largest absolute Gasteiger partial charge is 0.497 e. The van der Waals surface area contributed by atoms with E-state index in [0.717, 1.165) is 42.0 Å². The van der Waals surface area contributed by atoms with Crippen molar-refractivity contribution in [2.45, 2.75) is 25.9 Å². The van der Waals surface area contributed by atoms with Gasteiger partial charge in [0.25, 0.3) is 0 Å². The Morgan fingerprint density at radius 3 is 2.71 bits per heavy atom. The number of methoxy groups -OCH3 is 1. The third-order valence-corrected chi connectivity index (χ3v) is 5.77. The van der Waals surface area contributed by atoms with Crippen molar-refractivity contribution >= 4 is 10.9 Å². The molecule has 2 heterocycles. The van der Waals surface area contributed by atoms with Crippen molar-refractivity contribution in [1.29, 1.82) is 0 Å². The summed E-state index contributed by atoms with van der Waals surface area (Å²) in [5.41, 5.74) is 5.79. The molecule has 3 aromatic rings. The maximum absolute atomic E-state index is 5.41. The summed E-state index contributed by atoms with van der Waals surface area (Å²) in [6.45, 7) is 5.32. The lowest BCUT2D eigenvalue weighted by atomic mass is 10.0. The van der Waals surface area contributed by atoms with E-state index in [4.69, 9.17) is 9.72 Å². The zero-order valence-electron chi connectivity index (χ0n) is 17.3. The second kappa shape index (κ2) is 7.90. The molecule has 4 nitrogen and oxygen atoms in total. The molecule has 1 fully saturated rings. The number of nitrogens with zero attached hydrogens (tertiary/aromatic N) is 3. The molecule has 0 aliphatic carbocycles. The number of ether oxygens (including phenoxy) is 1. The van der Waals surface area contributed by atoms with Crippen LogP contribution in [-0.4, -0.2) is 55.1 Å². The monoisotopic (exact) mass is 375 g/mol. The van der Waals surface area contributed by atoms with Crippen LogP contribution in [0, 0.1) is 6.92 Å². The molecule has 4 heteroatoms. The zero-order valence-corrected chi connectivity index (χ0v) is 17.3. The molecule has 0 spiro atoms. The predicted octanol–water partition coefficient (Wildman–Crippen LogP) is 4.35. The molecule has 28 heavy (non-hydrogen) atoms.